The number of carbonyl (C=O) groups excluding carboxylic acids is 2. The van der Waals surface area contributed by atoms with Crippen LogP contribution in [-0.4, -0.2) is 42.4 Å². The highest BCUT2D eigenvalue weighted by atomic mass is 16.5. The number of rotatable bonds is 4. The van der Waals surface area contributed by atoms with Gasteiger partial charge < -0.3 is 9.64 Å². The Labute approximate surface area is 138 Å². The average Bonchev–Trinajstić information content (AvgIpc) is 2.51. The van der Waals surface area contributed by atoms with Gasteiger partial charge in [-0.05, 0) is 17.9 Å². The van der Waals surface area contributed by atoms with Gasteiger partial charge in [-0.1, -0.05) is 45.0 Å². The van der Waals surface area contributed by atoms with E-state index in [0.29, 0.717) is 25.3 Å². The Hall–Kier alpha value is -1.68. The van der Waals surface area contributed by atoms with E-state index in [1.54, 1.807) is 4.90 Å². The normalized spacial score (nSPS) is 18.8. The second-order valence-electron chi connectivity index (χ2n) is 7.27. The summed E-state index contributed by atoms with van der Waals surface area (Å²) in [6.45, 7) is 10.2. The molecule has 23 heavy (non-hydrogen) atoms. The smallest absolute Gasteiger partial charge is 0.223 e. The van der Waals surface area contributed by atoms with Gasteiger partial charge in [-0.3, -0.25) is 9.59 Å². The molecule has 0 bridgehead atoms. The van der Waals surface area contributed by atoms with Crippen LogP contribution in [0.1, 0.15) is 56.5 Å². The SMILES string of the molecule is CC1CN(C(=O)CCC(=O)c2ccc(C(C)(C)C)cc2)CCO1. The van der Waals surface area contributed by atoms with E-state index in [1.807, 2.05) is 31.2 Å². The molecule has 4 heteroatoms. The molecule has 0 aromatic heterocycles. The minimum atomic E-state index is 0.0279. The predicted molar refractivity (Wildman–Crippen MR) is 90.7 cm³/mol. The van der Waals surface area contributed by atoms with Gasteiger partial charge in [-0.25, -0.2) is 0 Å². The molecular weight excluding hydrogens is 290 g/mol. The molecule has 0 spiro atoms. The van der Waals surface area contributed by atoms with Gasteiger partial charge in [0, 0.05) is 31.5 Å². The van der Waals surface area contributed by atoms with E-state index in [0.717, 1.165) is 0 Å². The van der Waals surface area contributed by atoms with Crippen LogP contribution in [0, 0.1) is 0 Å². The van der Waals surface area contributed by atoms with Crippen LogP contribution in [0.15, 0.2) is 24.3 Å². The summed E-state index contributed by atoms with van der Waals surface area (Å²) in [7, 11) is 0. The first-order valence-electron chi connectivity index (χ1n) is 8.30. The molecule has 126 valence electrons. The summed E-state index contributed by atoms with van der Waals surface area (Å²) in [4.78, 5) is 26.2. The van der Waals surface area contributed by atoms with Crippen LogP contribution in [0.25, 0.3) is 0 Å². The number of hydrogen-bond donors (Lipinski definition) is 0. The average molecular weight is 317 g/mol. The number of benzene rings is 1. The van der Waals surface area contributed by atoms with E-state index in [2.05, 4.69) is 20.8 Å². The predicted octanol–water partition coefficient (Wildman–Crippen LogP) is 3.19. The summed E-state index contributed by atoms with van der Waals surface area (Å²) in [5, 5.41) is 0. The van der Waals surface area contributed by atoms with Gasteiger partial charge in [0.15, 0.2) is 5.78 Å². The molecule has 1 atom stereocenters. The van der Waals surface area contributed by atoms with Gasteiger partial charge in [-0.2, -0.15) is 0 Å². The van der Waals surface area contributed by atoms with Crippen molar-refractivity contribution in [1.82, 2.24) is 4.90 Å². The molecular formula is C19H27NO3. The van der Waals surface area contributed by atoms with Crippen molar-refractivity contribution in [3.8, 4) is 0 Å². The Morgan fingerprint density at radius 2 is 1.83 bits per heavy atom. The van der Waals surface area contributed by atoms with Crippen molar-refractivity contribution in [1.29, 1.82) is 0 Å². The number of Topliss-reactive ketones (excluding diaryl/α,β-unsaturated/α-hetero) is 1. The zero-order valence-corrected chi connectivity index (χ0v) is 14.6. The molecule has 0 N–H and O–H groups in total. The number of ketones is 1. The Morgan fingerprint density at radius 3 is 2.39 bits per heavy atom. The quantitative estimate of drug-likeness (QED) is 0.801. The van der Waals surface area contributed by atoms with Crippen molar-refractivity contribution < 1.29 is 14.3 Å². The van der Waals surface area contributed by atoms with Crippen molar-refractivity contribution in [2.24, 2.45) is 0 Å². The van der Waals surface area contributed by atoms with Crippen LogP contribution in [0.5, 0.6) is 0 Å². The van der Waals surface area contributed by atoms with Crippen LogP contribution in [0.4, 0.5) is 0 Å². The molecule has 1 aliphatic heterocycles. The van der Waals surface area contributed by atoms with E-state index >= 15 is 0 Å². The molecule has 1 fully saturated rings. The lowest BCUT2D eigenvalue weighted by Gasteiger charge is -2.31. The lowest BCUT2D eigenvalue weighted by Crippen LogP contribution is -2.44. The second-order valence-corrected chi connectivity index (χ2v) is 7.27. The number of hydrogen-bond acceptors (Lipinski definition) is 3. The molecule has 1 saturated heterocycles. The Morgan fingerprint density at radius 1 is 1.17 bits per heavy atom. The highest BCUT2D eigenvalue weighted by Crippen LogP contribution is 2.22. The maximum atomic E-state index is 12.3. The third-order valence-corrected chi connectivity index (χ3v) is 4.23. The van der Waals surface area contributed by atoms with Crippen molar-refractivity contribution in [2.45, 2.75) is 52.1 Å². The fourth-order valence-electron chi connectivity index (χ4n) is 2.72. The molecule has 0 saturated carbocycles. The summed E-state index contributed by atoms with van der Waals surface area (Å²) in [5.41, 5.74) is 1.96. The number of morpholine rings is 1. The van der Waals surface area contributed by atoms with Crippen LogP contribution in [-0.2, 0) is 14.9 Å². The molecule has 2 rings (SSSR count). The first-order valence-corrected chi connectivity index (χ1v) is 8.30. The topological polar surface area (TPSA) is 46.6 Å². The summed E-state index contributed by atoms with van der Waals surface area (Å²) in [6.07, 6.45) is 0.611. The molecule has 1 aromatic carbocycles. The first-order chi connectivity index (χ1) is 10.8. The van der Waals surface area contributed by atoms with Crippen LogP contribution in [0.2, 0.25) is 0 Å². The lowest BCUT2D eigenvalue weighted by atomic mass is 9.86. The Bertz CT molecular complexity index is 557. The standard InChI is InChI=1S/C19H27NO3/c1-14-13-20(11-12-23-14)18(22)10-9-17(21)15-5-7-16(8-6-15)19(2,3)4/h5-8,14H,9-13H2,1-4H3. The molecule has 1 unspecified atom stereocenters. The fraction of sp³-hybridized carbons (Fsp3) is 0.579. The van der Waals surface area contributed by atoms with Crippen molar-refractivity contribution in [3.63, 3.8) is 0 Å². The zero-order chi connectivity index (χ0) is 17.0. The summed E-state index contributed by atoms with van der Waals surface area (Å²) >= 11 is 0. The van der Waals surface area contributed by atoms with Gasteiger partial charge >= 0.3 is 0 Å². The highest BCUT2D eigenvalue weighted by molar-refractivity contribution is 5.98. The van der Waals surface area contributed by atoms with Gasteiger partial charge in [0.2, 0.25) is 5.91 Å². The Kier molecular flexibility index (Phi) is 5.58. The maximum Gasteiger partial charge on any atom is 0.223 e. The third kappa shape index (κ3) is 4.90. The third-order valence-electron chi connectivity index (χ3n) is 4.23. The molecule has 1 heterocycles. The van der Waals surface area contributed by atoms with E-state index in [4.69, 9.17) is 4.74 Å². The van der Waals surface area contributed by atoms with Crippen LogP contribution < -0.4 is 0 Å². The number of amides is 1. The minimum Gasteiger partial charge on any atom is -0.375 e. The molecule has 0 radical (unpaired) electrons. The van der Waals surface area contributed by atoms with Crippen LogP contribution in [0.3, 0.4) is 0 Å². The molecule has 1 amide bonds. The van der Waals surface area contributed by atoms with Gasteiger partial charge in [0.1, 0.15) is 0 Å². The van der Waals surface area contributed by atoms with Gasteiger partial charge in [-0.15, -0.1) is 0 Å². The number of ether oxygens (including phenoxy) is 1. The molecule has 4 nitrogen and oxygen atoms in total. The van der Waals surface area contributed by atoms with E-state index in [9.17, 15) is 9.59 Å². The van der Waals surface area contributed by atoms with Crippen LogP contribution >= 0.6 is 0 Å². The van der Waals surface area contributed by atoms with Crippen molar-refractivity contribution in [3.05, 3.63) is 35.4 Å². The minimum absolute atomic E-state index is 0.0279. The monoisotopic (exact) mass is 317 g/mol. The number of carbonyl (C=O) groups is 2. The van der Waals surface area contributed by atoms with Gasteiger partial charge in [0.25, 0.3) is 0 Å². The molecule has 1 aromatic rings. The highest BCUT2D eigenvalue weighted by Gasteiger charge is 2.22. The van der Waals surface area contributed by atoms with Gasteiger partial charge in [0.05, 0.1) is 12.7 Å². The van der Waals surface area contributed by atoms with Crippen molar-refractivity contribution >= 4 is 11.7 Å². The largest absolute Gasteiger partial charge is 0.375 e. The van der Waals surface area contributed by atoms with E-state index in [1.165, 1.54) is 5.56 Å². The second kappa shape index (κ2) is 7.26. The zero-order valence-electron chi connectivity index (χ0n) is 14.6. The number of nitrogens with zero attached hydrogens (tertiary/aromatic N) is 1. The fourth-order valence-corrected chi connectivity index (χ4v) is 2.72. The van der Waals surface area contributed by atoms with E-state index in [-0.39, 0.29) is 36.1 Å². The summed E-state index contributed by atoms with van der Waals surface area (Å²) < 4.78 is 5.43. The maximum absolute atomic E-state index is 12.3. The van der Waals surface area contributed by atoms with Crippen molar-refractivity contribution in [2.75, 3.05) is 19.7 Å². The molecule has 0 aliphatic carbocycles. The van der Waals surface area contributed by atoms with E-state index < -0.39 is 0 Å². The molecule has 1 aliphatic rings. The first kappa shape index (κ1) is 17.7. The Balaban J connectivity index is 1.88. The summed E-state index contributed by atoms with van der Waals surface area (Å²) in [5.74, 6) is 0.0694. The lowest BCUT2D eigenvalue weighted by molar-refractivity contribution is -0.138. The summed E-state index contributed by atoms with van der Waals surface area (Å²) in [6, 6.07) is 7.73.